The second-order valence-corrected chi connectivity index (χ2v) is 9.35. The van der Waals surface area contributed by atoms with E-state index in [2.05, 4.69) is 113 Å². The van der Waals surface area contributed by atoms with E-state index < -0.39 is 0 Å². The highest BCUT2D eigenvalue weighted by molar-refractivity contribution is 6.07. The van der Waals surface area contributed by atoms with Gasteiger partial charge in [0.1, 0.15) is 0 Å². The molecule has 4 aromatic carbocycles. The summed E-state index contributed by atoms with van der Waals surface area (Å²) in [5, 5.41) is 18.0. The minimum atomic E-state index is 0.756. The summed E-state index contributed by atoms with van der Waals surface area (Å²) in [6.07, 6.45) is 0. The minimum absolute atomic E-state index is 0.756. The van der Waals surface area contributed by atoms with Crippen molar-refractivity contribution in [3.8, 4) is 0 Å². The Bertz CT molecular complexity index is 1550. The van der Waals surface area contributed by atoms with Crippen LogP contribution in [0.4, 0.5) is 0 Å². The van der Waals surface area contributed by atoms with Gasteiger partial charge in [-0.05, 0) is 22.9 Å². The molecule has 3 N–H and O–H groups in total. The van der Waals surface area contributed by atoms with Gasteiger partial charge in [0.15, 0.2) is 0 Å². The zero-order valence-corrected chi connectivity index (χ0v) is 20.9. The lowest BCUT2D eigenvalue weighted by atomic mass is 10.0. The standard InChI is InChI=1S/C32H31N5/c1-3-13-27-23(9-1)25-11-5-7-15-29(25)36-31(27)21-34-19-17-33-18-20-35-22-32-28-14-4-2-10-24(28)26-12-6-8-16-30(26)37-32/h1-16,33-35H,17-22H2. The average Bonchev–Trinajstić information content (AvgIpc) is 2.96. The first-order valence-corrected chi connectivity index (χ1v) is 13.0. The van der Waals surface area contributed by atoms with Crippen LogP contribution < -0.4 is 16.0 Å². The monoisotopic (exact) mass is 485 g/mol. The zero-order chi connectivity index (χ0) is 24.9. The van der Waals surface area contributed by atoms with E-state index in [0.29, 0.717) is 0 Å². The first-order valence-electron chi connectivity index (χ1n) is 13.0. The van der Waals surface area contributed by atoms with Crippen LogP contribution in [-0.2, 0) is 13.1 Å². The third-order valence-electron chi connectivity index (χ3n) is 6.92. The lowest BCUT2D eigenvalue weighted by Gasteiger charge is -2.12. The molecule has 0 atom stereocenters. The SMILES string of the molecule is c1ccc2c(c1)nc(CNCCNCCNCc1nc3ccccc3c3ccccc13)c1ccccc12. The fourth-order valence-electron chi connectivity index (χ4n) is 5.11. The van der Waals surface area contributed by atoms with E-state index in [1.54, 1.807) is 0 Å². The normalized spacial score (nSPS) is 11.7. The molecule has 0 radical (unpaired) electrons. The van der Waals surface area contributed by atoms with Crippen LogP contribution in [0, 0.1) is 0 Å². The Morgan fingerprint density at radius 1 is 0.378 bits per heavy atom. The van der Waals surface area contributed by atoms with Gasteiger partial charge in [-0.1, -0.05) is 84.9 Å². The fraction of sp³-hybridized carbons (Fsp3) is 0.188. The van der Waals surface area contributed by atoms with E-state index in [1.807, 2.05) is 0 Å². The van der Waals surface area contributed by atoms with Crippen molar-refractivity contribution >= 4 is 43.4 Å². The highest BCUT2D eigenvalue weighted by atomic mass is 15.0. The summed E-state index contributed by atoms with van der Waals surface area (Å²) in [6.45, 7) is 5.10. The third-order valence-corrected chi connectivity index (χ3v) is 6.92. The number of nitrogens with one attached hydrogen (secondary N) is 3. The lowest BCUT2D eigenvalue weighted by Crippen LogP contribution is -2.32. The maximum absolute atomic E-state index is 4.93. The Balaban J connectivity index is 0.981. The molecule has 5 heteroatoms. The van der Waals surface area contributed by atoms with Crippen molar-refractivity contribution in [3.63, 3.8) is 0 Å². The smallest absolute Gasteiger partial charge is 0.0712 e. The molecule has 2 aromatic heterocycles. The number of hydrogen-bond acceptors (Lipinski definition) is 5. The van der Waals surface area contributed by atoms with Crippen LogP contribution in [0.1, 0.15) is 11.4 Å². The number of aromatic nitrogens is 2. The Hall–Kier alpha value is -3.90. The maximum atomic E-state index is 4.93. The van der Waals surface area contributed by atoms with Crippen molar-refractivity contribution in [2.45, 2.75) is 13.1 Å². The molecule has 0 aliphatic heterocycles. The second kappa shape index (κ2) is 11.0. The van der Waals surface area contributed by atoms with Crippen LogP contribution in [0.25, 0.3) is 43.4 Å². The average molecular weight is 486 g/mol. The highest BCUT2D eigenvalue weighted by Gasteiger charge is 2.08. The van der Waals surface area contributed by atoms with E-state index in [-0.39, 0.29) is 0 Å². The minimum Gasteiger partial charge on any atom is -0.314 e. The summed E-state index contributed by atoms with van der Waals surface area (Å²) in [7, 11) is 0. The van der Waals surface area contributed by atoms with Crippen molar-refractivity contribution < 1.29 is 0 Å². The van der Waals surface area contributed by atoms with Crippen LogP contribution in [0.2, 0.25) is 0 Å². The Labute approximate surface area is 216 Å². The first-order chi connectivity index (χ1) is 18.4. The summed E-state index contributed by atoms with van der Waals surface area (Å²) in [6, 6.07) is 33.8. The van der Waals surface area contributed by atoms with Gasteiger partial charge in [0.2, 0.25) is 0 Å². The van der Waals surface area contributed by atoms with E-state index >= 15 is 0 Å². The molecule has 0 spiro atoms. The van der Waals surface area contributed by atoms with Crippen molar-refractivity contribution in [1.29, 1.82) is 0 Å². The predicted molar refractivity (Wildman–Crippen MR) is 155 cm³/mol. The zero-order valence-electron chi connectivity index (χ0n) is 20.9. The van der Waals surface area contributed by atoms with Gasteiger partial charge in [-0.2, -0.15) is 0 Å². The van der Waals surface area contributed by atoms with Gasteiger partial charge in [-0.15, -0.1) is 0 Å². The molecule has 0 bridgehead atoms. The van der Waals surface area contributed by atoms with E-state index in [4.69, 9.17) is 9.97 Å². The van der Waals surface area contributed by atoms with Gasteiger partial charge in [-0.25, -0.2) is 0 Å². The fourth-order valence-corrected chi connectivity index (χ4v) is 5.11. The molecule has 0 aliphatic carbocycles. The van der Waals surface area contributed by atoms with Gasteiger partial charge >= 0.3 is 0 Å². The van der Waals surface area contributed by atoms with Crippen molar-refractivity contribution in [1.82, 2.24) is 25.9 Å². The first kappa shape index (κ1) is 23.5. The number of fused-ring (bicyclic) bond motifs is 6. The summed E-state index contributed by atoms with van der Waals surface area (Å²) in [5.74, 6) is 0. The topological polar surface area (TPSA) is 61.9 Å². The van der Waals surface area contributed by atoms with Gasteiger partial charge in [0.05, 0.1) is 22.4 Å². The number of pyridine rings is 2. The summed E-state index contributed by atoms with van der Waals surface area (Å²) in [4.78, 5) is 9.86. The molecule has 184 valence electrons. The number of benzene rings is 4. The summed E-state index contributed by atoms with van der Waals surface area (Å²) >= 11 is 0. The maximum Gasteiger partial charge on any atom is 0.0712 e. The summed E-state index contributed by atoms with van der Waals surface area (Å²) in [5.41, 5.74) is 4.31. The number of hydrogen-bond donors (Lipinski definition) is 3. The number of rotatable bonds is 10. The molecule has 37 heavy (non-hydrogen) atoms. The Morgan fingerprint density at radius 2 is 0.730 bits per heavy atom. The van der Waals surface area contributed by atoms with Crippen LogP contribution in [0.5, 0.6) is 0 Å². The lowest BCUT2D eigenvalue weighted by molar-refractivity contribution is 0.578. The van der Waals surface area contributed by atoms with Gasteiger partial charge in [0, 0.05) is 60.8 Å². The molecular formula is C32H31N5. The van der Waals surface area contributed by atoms with Crippen LogP contribution >= 0.6 is 0 Å². The molecule has 0 amide bonds. The molecule has 2 heterocycles. The molecule has 5 nitrogen and oxygen atoms in total. The molecule has 6 aromatic rings. The van der Waals surface area contributed by atoms with Gasteiger partial charge in [-0.3, -0.25) is 9.97 Å². The molecule has 0 aliphatic rings. The van der Waals surface area contributed by atoms with Crippen LogP contribution in [0.15, 0.2) is 97.1 Å². The van der Waals surface area contributed by atoms with Crippen LogP contribution in [-0.4, -0.2) is 36.1 Å². The molecule has 0 unspecified atom stereocenters. The van der Waals surface area contributed by atoms with E-state index in [9.17, 15) is 0 Å². The molecule has 0 fully saturated rings. The predicted octanol–water partition coefficient (Wildman–Crippen LogP) is 5.56. The van der Waals surface area contributed by atoms with Gasteiger partial charge in [0.25, 0.3) is 0 Å². The Kier molecular flexibility index (Phi) is 6.99. The Morgan fingerprint density at radius 3 is 1.19 bits per heavy atom. The molecule has 0 saturated carbocycles. The quantitative estimate of drug-likeness (QED) is 0.175. The molecule has 0 saturated heterocycles. The molecule has 6 rings (SSSR count). The molecular weight excluding hydrogens is 454 g/mol. The number of nitrogens with zero attached hydrogens (tertiary/aromatic N) is 2. The summed E-state index contributed by atoms with van der Waals surface area (Å²) < 4.78 is 0. The second-order valence-electron chi connectivity index (χ2n) is 9.35. The van der Waals surface area contributed by atoms with E-state index in [0.717, 1.165) is 61.7 Å². The van der Waals surface area contributed by atoms with Crippen molar-refractivity contribution in [2.75, 3.05) is 26.2 Å². The van der Waals surface area contributed by atoms with Crippen molar-refractivity contribution in [3.05, 3.63) is 108 Å². The van der Waals surface area contributed by atoms with E-state index in [1.165, 1.54) is 32.3 Å². The van der Waals surface area contributed by atoms with Crippen molar-refractivity contribution in [2.24, 2.45) is 0 Å². The van der Waals surface area contributed by atoms with Gasteiger partial charge < -0.3 is 16.0 Å². The third kappa shape index (κ3) is 5.02. The van der Waals surface area contributed by atoms with Crippen LogP contribution in [0.3, 0.4) is 0 Å². The number of para-hydroxylation sites is 2. The highest BCUT2D eigenvalue weighted by Crippen LogP contribution is 2.27. The largest absolute Gasteiger partial charge is 0.314 e.